The molecule has 8 heteroatoms. The molecule has 0 saturated carbocycles. The molecule has 1 saturated heterocycles. The lowest BCUT2D eigenvalue weighted by atomic mass is 10.1. The fraction of sp³-hybridized carbons (Fsp3) is 0.909. The third-order valence-electron chi connectivity index (χ3n) is 5.91. The van der Waals surface area contributed by atoms with E-state index in [9.17, 15) is 9.59 Å². The van der Waals surface area contributed by atoms with Gasteiger partial charge in [0.05, 0.1) is 19.8 Å². The first-order valence-corrected chi connectivity index (χ1v) is 13.1. The maximum Gasteiger partial charge on any atom is 0.413 e. The first kappa shape index (κ1) is 26.9. The lowest BCUT2D eigenvalue weighted by Crippen LogP contribution is -2.55. The van der Waals surface area contributed by atoms with Crippen LogP contribution in [-0.2, 0) is 23.4 Å². The van der Waals surface area contributed by atoms with E-state index in [2.05, 4.69) is 41.5 Å². The highest BCUT2D eigenvalue weighted by molar-refractivity contribution is 6.77. The van der Waals surface area contributed by atoms with Gasteiger partial charge < -0.3 is 18.6 Å². The van der Waals surface area contributed by atoms with Gasteiger partial charge in [0.25, 0.3) is 0 Å². The number of methoxy groups -OCH3 is 1. The van der Waals surface area contributed by atoms with Crippen LogP contribution in [-0.4, -0.2) is 62.5 Å². The number of amides is 1. The van der Waals surface area contributed by atoms with Crippen LogP contribution in [0.15, 0.2) is 0 Å². The van der Waals surface area contributed by atoms with Gasteiger partial charge >= 0.3 is 12.1 Å². The fourth-order valence-electron chi connectivity index (χ4n) is 4.86. The van der Waals surface area contributed by atoms with Gasteiger partial charge in [0.1, 0.15) is 11.3 Å². The molecule has 0 aromatic heterocycles. The largest absolute Gasteiger partial charge is 0.467 e. The van der Waals surface area contributed by atoms with Gasteiger partial charge in [-0.3, -0.25) is 4.90 Å². The first-order chi connectivity index (χ1) is 13.5. The summed E-state index contributed by atoms with van der Waals surface area (Å²) >= 11 is 0. The van der Waals surface area contributed by atoms with Gasteiger partial charge in [0.2, 0.25) is 0 Å². The lowest BCUT2D eigenvalue weighted by molar-refractivity contribution is -0.158. The zero-order valence-corrected chi connectivity index (χ0v) is 22.0. The van der Waals surface area contributed by atoms with Crippen LogP contribution >= 0.6 is 0 Å². The molecule has 0 aliphatic carbocycles. The predicted molar refractivity (Wildman–Crippen MR) is 120 cm³/mol. The fourth-order valence-corrected chi connectivity index (χ4v) is 10.3. The van der Waals surface area contributed by atoms with Crippen molar-refractivity contribution >= 4 is 20.4 Å². The molecule has 1 aliphatic heterocycles. The van der Waals surface area contributed by atoms with Crippen molar-refractivity contribution in [2.75, 3.05) is 13.7 Å². The molecule has 176 valence electrons. The summed E-state index contributed by atoms with van der Waals surface area (Å²) in [6.45, 7) is 22.3. The molecule has 0 radical (unpaired) electrons. The Balaban J connectivity index is 3.34. The Bertz CT molecular complexity index is 589. The van der Waals surface area contributed by atoms with Gasteiger partial charge in [-0.2, -0.15) is 0 Å². The Morgan fingerprint density at radius 2 is 1.50 bits per heavy atom. The first-order valence-electron chi connectivity index (χ1n) is 10.9. The van der Waals surface area contributed by atoms with E-state index in [4.69, 9.17) is 18.6 Å². The van der Waals surface area contributed by atoms with Gasteiger partial charge in [0, 0.05) is 0 Å². The average Bonchev–Trinajstić information content (AvgIpc) is 2.82. The van der Waals surface area contributed by atoms with Gasteiger partial charge in [-0.15, -0.1) is 0 Å². The highest BCUT2D eigenvalue weighted by atomic mass is 28.4. The van der Waals surface area contributed by atoms with Crippen LogP contribution in [0.1, 0.15) is 76.2 Å². The van der Waals surface area contributed by atoms with E-state index in [1.54, 1.807) is 13.8 Å². The highest BCUT2D eigenvalue weighted by Crippen LogP contribution is 2.43. The van der Waals surface area contributed by atoms with Crippen LogP contribution in [0.25, 0.3) is 0 Å². The number of nitrogens with zero attached hydrogens (tertiary/aromatic N) is 1. The van der Waals surface area contributed by atoms with Gasteiger partial charge in [-0.05, 0) is 51.2 Å². The van der Waals surface area contributed by atoms with E-state index in [0.717, 1.165) is 0 Å². The highest BCUT2D eigenvalue weighted by Gasteiger charge is 2.56. The lowest BCUT2D eigenvalue weighted by Gasteiger charge is -2.43. The minimum absolute atomic E-state index is 0.198. The summed E-state index contributed by atoms with van der Waals surface area (Å²) in [6, 6.07) is -0.634. The number of rotatable bonds is 7. The van der Waals surface area contributed by atoms with Gasteiger partial charge in [0.15, 0.2) is 14.4 Å². The number of hydrogen-bond donors (Lipinski definition) is 0. The molecule has 1 heterocycles. The molecule has 0 N–H and O–H groups in total. The molecule has 0 unspecified atom stereocenters. The molecule has 2 atom stereocenters. The normalized spacial score (nSPS) is 22.2. The second-order valence-corrected chi connectivity index (χ2v) is 16.0. The molecular weight excluding hydrogens is 402 g/mol. The van der Waals surface area contributed by atoms with Crippen LogP contribution < -0.4 is 0 Å². The third kappa shape index (κ3) is 5.56. The van der Waals surface area contributed by atoms with E-state index in [0.29, 0.717) is 16.6 Å². The molecule has 7 nitrogen and oxygen atoms in total. The Morgan fingerprint density at radius 3 is 1.87 bits per heavy atom. The molecule has 0 aromatic rings. The van der Waals surface area contributed by atoms with Crippen molar-refractivity contribution in [2.45, 2.75) is 116 Å². The van der Waals surface area contributed by atoms with Crippen LogP contribution in [0, 0.1) is 0 Å². The molecule has 1 amide bonds. The average molecular weight is 446 g/mol. The van der Waals surface area contributed by atoms with Crippen LogP contribution in [0.5, 0.6) is 0 Å². The molecule has 1 aliphatic rings. The van der Waals surface area contributed by atoms with E-state index in [1.165, 1.54) is 12.0 Å². The minimum Gasteiger partial charge on any atom is -0.467 e. The van der Waals surface area contributed by atoms with Crippen molar-refractivity contribution in [2.24, 2.45) is 0 Å². The molecular formula is C22H43NO6Si. The van der Waals surface area contributed by atoms with Gasteiger partial charge in [-0.1, -0.05) is 41.5 Å². The zero-order chi connectivity index (χ0) is 23.7. The summed E-state index contributed by atoms with van der Waals surface area (Å²) < 4.78 is 23.3. The van der Waals surface area contributed by atoms with E-state index in [-0.39, 0.29) is 6.61 Å². The molecule has 0 bridgehead atoms. The minimum atomic E-state index is -2.21. The van der Waals surface area contributed by atoms with Crippen LogP contribution in [0.3, 0.4) is 0 Å². The molecule has 30 heavy (non-hydrogen) atoms. The molecule has 0 aromatic carbocycles. The Hall–Kier alpha value is -1.12. The number of carbonyl (C=O) groups excluding carboxylic acids is 2. The number of ether oxygens (including phenoxy) is 3. The Kier molecular flexibility index (Phi) is 8.58. The van der Waals surface area contributed by atoms with Gasteiger partial charge in [-0.25, -0.2) is 9.59 Å². The predicted octanol–water partition coefficient (Wildman–Crippen LogP) is 5.09. The third-order valence-corrected chi connectivity index (χ3v) is 12.0. The summed E-state index contributed by atoms with van der Waals surface area (Å²) in [6.07, 6.45) is -1.46. The number of carbonyl (C=O) groups is 2. The van der Waals surface area contributed by atoms with Crippen molar-refractivity contribution in [3.8, 4) is 0 Å². The van der Waals surface area contributed by atoms with Crippen LogP contribution in [0.2, 0.25) is 16.6 Å². The maximum atomic E-state index is 13.1. The zero-order valence-electron chi connectivity index (χ0n) is 21.0. The van der Waals surface area contributed by atoms with Crippen molar-refractivity contribution in [1.82, 2.24) is 4.90 Å². The summed E-state index contributed by atoms with van der Waals surface area (Å²) in [5, 5.41) is 0. The van der Waals surface area contributed by atoms with E-state index < -0.39 is 43.9 Å². The van der Waals surface area contributed by atoms with E-state index >= 15 is 0 Å². The summed E-state index contributed by atoms with van der Waals surface area (Å²) in [5.41, 5.74) is -0.584. The van der Waals surface area contributed by atoms with Crippen molar-refractivity contribution < 1.29 is 28.2 Å². The Labute approximate surface area is 183 Å². The SMILES string of the molecule is COC(=O)[C@H]1OC(C)(C)N(C(=O)OC(C)(C)C)[C@H]1CO[Si](C(C)C)(C(C)C)C(C)C. The Morgan fingerprint density at radius 1 is 1.03 bits per heavy atom. The standard InChI is InChI=1S/C22H43NO6Si/c1-14(2)30(15(3)4,16(5)6)27-13-17-18(19(24)26-12)28-22(10,11)23(17)20(25)29-21(7,8)9/h14-18H,13H2,1-12H3/t17-,18-/m0/s1. The summed E-state index contributed by atoms with van der Waals surface area (Å²) in [7, 11) is -0.892. The molecule has 0 spiro atoms. The van der Waals surface area contributed by atoms with Crippen molar-refractivity contribution in [1.29, 1.82) is 0 Å². The summed E-state index contributed by atoms with van der Waals surface area (Å²) in [4.78, 5) is 27.1. The van der Waals surface area contributed by atoms with E-state index in [1.807, 2.05) is 20.8 Å². The monoisotopic (exact) mass is 445 g/mol. The smallest absolute Gasteiger partial charge is 0.413 e. The summed E-state index contributed by atoms with van der Waals surface area (Å²) in [5.74, 6) is -0.520. The quantitative estimate of drug-likeness (QED) is 0.401. The number of esters is 1. The van der Waals surface area contributed by atoms with Crippen molar-refractivity contribution in [3.63, 3.8) is 0 Å². The maximum absolute atomic E-state index is 13.1. The number of hydrogen-bond acceptors (Lipinski definition) is 6. The van der Waals surface area contributed by atoms with Crippen molar-refractivity contribution in [3.05, 3.63) is 0 Å². The molecule has 1 fully saturated rings. The second kappa shape index (κ2) is 9.57. The molecule has 1 rings (SSSR count). The van der Waals surface area contributed by atoms with Crippen LogP contribution in [0.4, 0.5) is 4.79 Å². The second-order valence-electron chi connectivity index (χ2n) is 10.6. The topological polar surface area (TPSA) is 74.3 Å².